The molecule has 6 heteroatoms. The Hall–Kier alpha value is -0.360. The molecule has 98 valence electrons. The van der Waals surface area contributed by atoms with E-state index in [1.807, 2.05) is 11.8 Å². The molecule has 0 unspecified atom stereocenters. The number of carbonyl (C=O) groups is 2. The lowest BCUT2D eigenvalue weighted by atomic mass is 10.3. The van der Waals surface area contributed by atoms with Crippen molar-refractivity contribution in [2.24, 2.45) is 5.92 Å². The Labute approximate surface area is 111 Å². The third-order valence-corrected chi connectivity index (χ3v) is 4.57. The Morgan fingerprint density at radius 3 is 3.00 bits per heavy atom. The van der Waals surface area contributed by atoms with Crippen LogP contribution in [-0.4, -0.2) is 41.0 Å². The Bertz CT molecular complexity index is 272. The second-order valence-electron chi connectivity index (χ2n) is 4.41. The largest absolute Gasteiger partial charge is 0.354 e. The summed E-state index contributed by atoms with van der Waals surface area (Å²) in [6, 6.07) is -0.337. The van der Waals surface area contributed by atoms with E-state index in [0.29, 0.717) is 12.3 Å². The molecule has 0 radical (unpaired) electrons. The lowest BCUT2D eigenvalue weighted by Gasteiger charge is -2.10. The van der Waals surface area contributed by atoms with Crippen LogP contribution in [0.2, 0.25) is 0 Å². The predicted molar refractivity (Wildman–Crippen MR) is 74.6 cm³/mol. The lowest BCUT2D eigenvalue weighted by Crippen LogP contribution is -2.43. The first-order valence-corrected chi connectivity index (χ1v) is 8.02. The van der Waals surface area contributed by atoms with Gasteiger partial charge < -0.3 is 10.6 Å². The normalized spacial score (nSPS) is 19.5. The third-order valence-electron chi connectivity index (χ3n) is 2.21. The van der Waals surface area contributed by atoms with Gasteiger partial charge in [-0.2, -0.15) is 11.8 Å². The van der Waals surface area contributed by atoms with Gasteiger partial charge in [0, 0.05) is 12.3 Å². The van der Waals surface area contributed by atoms with E-state index in [1.165, 1.54) is 17.5 Å². The van der Waals surface area contributed by atoms with Crippen molar-refractivity contribution in [3.8, 4) is 0 Å². The maximum absolute atomic E-state index is 11.6. The topological polar surface area (TPSA) is 58.2 Å². The van der Waals surface area contributed by atoms with Gasteiger partial charge in [-0.05, 0) is 23.8 Å². The number of amides is 2. The molecule has 1 fully saturated rings. The van der Waals surface area contributed by atoms with Gasteiger partial charge >= 0.3 is 0 Å². The van der Waals surface area contributed by atoms with E-state index in [0.717, 1.165) is 18.1 Å². The second-order valence-corrected chi connectivity index (χ2v) is 6.55. The summed E-state index contributed by atoms with van der Waals surface area (Å²) in [6.45, 7) is 5.10. The van der Waals surface area contributed by atoms with E-state index < -0.39 is 0 Å². The van der Waals surface area contributed by atoms with Gasteiger partial charge in [-0.15, -0.1) is 0 Å². The lowest BCUT2D eigenvalue weighted by molar-refractivity contribution is -0.122. The average molecular weight is 276 g/mol. The van der Waals surface area contributed by atoms with E-state index in [4.69, 9.17) is 0 Å². The summed E-state index contributed by atoms with van der Waals surface area (Å²) >= 11 is 3.09. The van der Waals surface area contributed by atoms with Crippen LogP contribution in [0.5, 0.6) is 0 Å². The smallest absolute Gasteiger partial charge is 0.279 e. The van der Waals surface area contributed by atoms with E-state index in [9.17, 15) is 9.59 Å². The molecule has 1 rings (SSSR count). The fraction of sp³-hybridized carbons (Fsp3) is 0.818. The first-order chi connectivity index (χ1) is 8.09. The fourth-order valence-corrected chi connectivity index (χ4v) is 3.12. The van der Waals surface area contributed by atoms with Gasteiger partial charge in [0.2, 0.25) is 5.91 Å². The highest BCUT2D eigenvalue weighted by atomic mass is 32.2. The van der Waals surface area contributed by atoms with Crippen LogP contribution in [-0.2, 0) is 4.79 Å². The molecule has 17 heavy (non-hydrogen) atoms. The number of hydrogen-bond donors (Lipinski definition) is 2. The number of thioether (sulfide) groups is 2. The molecule has 0 spiro atoms. The molecule has 2 amide bonds. The molecule has 0 bridgehead atoms. The van der Waals surface area contributed by atoms with Crippen LogP contribution in [0.15, 0.2) is 0 Å². The molecule has 0 aliphatic carbocycles. The average Bonchev–Trinajstić information content (AvgIpc) is 2.69. The zero-order valence-corrected chi connectivity index (χ0v) is 12.0. The zero-order valence-electron chi connectivity index (χ0n) is 10.3. The summed E-state index contributed by atoms with van der Waals surface area (Å²) in [4.78, 5) is 22.5. The highest BCUT2D eigenvalue weighted by Crippen LogP contribution is 2.12. The number of hydrogen-bond acceptors (Lipinski definition) is 4. The summed E-state index contributed by atoms with van der Waals surface area (Å²) < 4.78 is 0. The molecular formula is C11H20N2O2S2. The summed E-state index contributed by atoms with van der Waals surface area (Å²) in [5.74, 6) is 3.46. The number of rotatable bonds is 7. The van der Waals surface area contributed by atoms with E-state index >= 15 is 0 Å². The number of nitrogens with one attached hydrogen (secondary N) is 2. The minimum atomic E-state index is -0.337. The van der Waals surface area contributed by atoms with Gasteiger partial charge in [0.25, 0.3) is 5.24 Å². The second kappa shape index (κ2) is 7.87. The summed E-state index contributed by atoms with van der Waals surface area (Å²) in [6.07, 6.45) is 0.983. The molecule has 1 aliphatic rings. The maximum Gasteiger partial charge on any atom is 0.279 e. The molecule has 0 aromatic rings. The fourth-order valence-electron chi connectivity index (χ4n) is 1.35. The van der Waals surface area contributed by atoms with Crippen LogP contribution in [0.3, 0.4) is 0 Å². The predicted octanol–water partition coefficient (Wildman–Crippen LogP) is 1.71. The van der Waals surface area contributed by atoms with Crippen molar-refractivity contribution in [2.45, 2.75) is 26.3 Å². The van der Waals surface area contributed by atoms with E-state index in [1.54, 1.807) is 0 Å². The number of carbonyl (C=O) groups excluding carboxylic acids is 2. The van der Waals surface area contributed by atoms with Crippen LogP contribution in [0, 0.1) is 5.92 Å². The summed E-state index contributed by atoms with van der Waals surface area (Å²) in [5, 5.41) is 5.38. The Morgan fingerprint density at radius 1 is 1.65 bits per heavy atom. The molecule has 1 heterocycles. The van der Waals surface area contributed by atoms with Crippen LogP contribution >= 0.6 is 23.5 Å². The molecule has 1 atom stereocenters. The van der Waals surface area contributed by atoms with Gasteiger partial charge in [-0.1, -0.05) is 25.6 Å². The Kier molecular flexibility index (Phi) is 6.80. The molecule has 4 nitrogen and oxygen atoms in total. The van der Waals surface area contributed by atoms with Gasteiger partial charge in [0.15, 0.2) is 0 Å². The first-order valence-electron chi connectivity index (χ1n) is 5.88. The minimum Gasteiger partial charge on any atom is -0.354 e. The van der Waals surface area contributed by atoms with Crippen molar-refractivity contribution in [1.82, 2.24) is 10.6 Å². The summed E-state index contributed by atoms with van der Waals surface area (Å²) in [7, 11) is 0. The Morgan fingerprint density at radius 2 is 2.41 bits per heavy atom. The van der Waals surface area contributed by atoms with Crippen LogP contribution < -0.4 is 10.6 Å². The molecule has 0 aromatic heterocycles. The van der Waals surface area contributed by atoms with Gasteiger partial charge in [-0.25, -0.2) is 0 Å². The molecule has 0 saturated carbocycles. The Balaban J connectivity index is 1.99. The monoisotopic (exact) mass is 276 g/mol. The quantitative estimate of drug-likeness (QED) is 0.695. The van der Waals surface area contributed by atoms with Crippen molar-refractivity contribution in [2.75, 3.05) is 23.8 Å². The highest BCUT2D eigenvalue weighted by molar-refractivity contribution is 8.14. The molecule has 1 aliphatic heterocycles. The van der Waals surface area contributed by atoms with Crippen LogP contribution in [0.25, 0.3) is 0 Å². The van der Waals surface area contributed by atoms with Crippen molar-refractivity contribution in [3.63, 3.8) is 0 Å². The highest BCUT2D eigenvalue weighted by Gasteiger charge is 2.27. The maximum atomic E-state index is 11.6. The van der Waals surface area contributed by atoms with Crippen molar-refractivity contribution in [1.29, 1.82) is 0 Å². The summed E-state index contributed by atoms with van der Waals surface area (Å²) in [5.41, 5.74) is 0. The minimum absolute atomic E-state index is 0.0581. The van der Waals surface area contributed by atoms with Crippen molar-refractivity contribution < 1.29 is 9.59 Å². The molecule has 0 aromatic carbocycles. The molecule has 1 saturated heterocycles. The SMILES string of the molecule is CC(C)CSCCCNC(=O)[C@H]1CSC(=O)N1. The van der Waals surface area contributed by atoms with Gasteiger partial charge in [0.05, 0.1) is 0 Å². The standard InChI is InChI=1S/C11H20N2O2S2/c1-8(2)6-16-5-3-4-12-10(14)9-7-17-11(15)13-9/h8-9H,3-7H2,1-2H3,(H,12,14)(H,13,15)/t9-/m1/s1. The van der Waals surface area contributed by atoms with Crippen LogP contribution in [0.1, 0.15) is 20.3 Å². The van der Waals surface area contributed by atoms with Crippen molar-refractivity contribution >= 4 is 34.7 Å². The first kappa shape index (κ1) is 14.7. The molecular weight excluding hydrogens is 256 g/mol. The van der Waals surface area contributed by atoms with E-state index in [2.05, 4.69) is 24.5 Å². The molecule has 2 N–H and O–H groups in total. The third kappa shape index (κ3) is 6.21. The van der Waals surface area contributed by atoms with Gasteiger partial charge in [0.1, 0.15) is 6.04 Å². The van der Waals surface area contributed by atoms with Crippen LogP contribution in [0.4, 0.5) is 4.79 Å². The van der Waals surface area contributed by atoms with Crippen molar-refractivity contribution in [3.05, 3.63) is 0 Å². The zero-order chi connectivity index (χ0) is 12.7. The van der Waals surface area contributed by atoms with Gasteiger partial charge in [-0.3, -0.25) is 9.59 Å². The van der Waals surface area contributed by atoms with E-state index in [-0.39, 0.29) is 17.2 Å².